The molecule has 1 aromatic rings. The number of aryl methyl sites for hydroxylation is 1. The fraction of sp³-hybridized carbons (Fsp3) is 0.759. The number of ketones is 1. The van der Waals surface area contributed by atoms with Crippen LogP contribution in [0.5, 0.6) is 0 Å². The first kappa shape index (κ1) is 28.2. The first-order valence-electron chi connectivity index (χ1n) is 15.2. The minimum atomic E-state index is -1.11. The fourth-order valence-corrected chi connectivity index (χ4v) is 9.45. The number of carbonyl (C=O) groups is 2. The fourth-order valence-electron chi connectivity index (χ4n) is 7.36. The first-order valence-corrected chi connectivity index (χ1v) is 16.1. The monoisotopic (exact) mass is 574 g/mol. The number of nitrogens with one attached hydrogen (secondary N) is 2. The molecule has 7 atom stereocenters. The van der Waals surface area contributed by atoms with Gasteiger partial charge in [0.05, 0.1) is 37.2 Å². The molecule has 2 N–H and O–H groups in total. The van der Waals surface area contributed by atoms with Gasteiger partial charge in [-0.1, -0.05) is 12.8 Å². The maximum absolute atomic E-state index is 15.9. The van der Waals surface area contributed by atoms with Crippen LogP contribution in [0.2, 0.25) is 0 Å². The Bertz CT molecular complexity index is 1050. The average Bonchev–Trinajstić information content (AvgIpc) is 3.50. The largest absolute Gasteiger partial charge is 0.379 e. The molecule has 9 nitrogen and oxygen atoms in total. The molecule has 5 aliphatic rings. The van der Waals surface area contributed by atoms with E-state index < -0.39 is 12.1 Å². The van der Waals surface area contributed by atoms with E-state index in [9.17, 15) is 9.59 Å². The smallest absolute Gasteiger partial charge is 0.256 e. The normalized spacial score (nSPS) is 34.1. The van der Waals surface area contributed by atoms with E-state index in [-0.39, 0.29) is 41.0 Å². The van der Waals surface area contributed by atoms with Crippen LogP contribution >= 0.6 is 11.8 Å². The molecule has 1 amide bonds. The lowest BCUT2D eigenvalue weighted by atomic mass is 9.72. The van der Waals surface area contributed by atoms with Crippen LogP contribution in [0.4, 0.5) is 4.39 Å². The van der Waals surface area contributed by atoms with Crippen molar-refractivity contribution in [3.63, 3.8) is 0 Å². The Kier molecular flexibility index (Phi) is 9.10. The summed E-state index contributed by atoms with van der Waals surface area (Å²) in [5, 5.41) is 6.95. The van der Waals surface area contributed by atoms with Crippen LogP contribution < -0.4 is 10.6 Å². The predicted octanol–water partition coefficient (Wildman–Crippen LogP) is 1.99. The maximum Gasteiger partial charge on any atom is 0.256 e. The number of fused-ring (bicyclic) bond motifs is 2. The molecule has 0 spiro atoms. The average molecular weight is 575 g/mol. The topological polar surface area (TPSA) is 91.7 Å². The molecule has 4 heterocycles. The standard InChI is InChI=1S/C29H43FN6O3S/c30-22-17-20-26-28(25(22)32-7-3-10-34-13-15-39-16-14-34)40-24-6-2-1-5-23(24)36(26)18-21(27(20)37)29(38)33-8-4-11-35-12-9-31-19-35/h9,12,18-20,22-26,28,32H,1-8,10-11,13-17H2,(H,33,38). The second kappa shape index (κ2) is 12.9. The highest BCUT2D eigenvalue weighted by atomic mass is 32.2. The Morgan fingerprint density at radius 2 is 1.98 bits per heavy atom. The van der Waals surface area contributed by atoms with E-state index in [0.717, 1.165) is 78.0 Å². The predicted molar refractivity (Wildman–Crippen MR) is 153 cm³/mol. The molecule has 7 unspecified atom stereocenters. The van der Waals surface area contributed by atoms with Gasteiger partial charge < -0.3 is 24.8 Å². The van der Waals surface area contributed by atoms with Crippen molar-refractivity contribution in [3.8, 4) is 0 Å². The van der Waals surface area contributed by atoms with Gasteiger partial charge in [-0.25, -0.2) is 9.37 Å². The van der Waals surface area contributed by atoms with Gasteiger partial charge in [-0.3, -0.25) is 14.5 Å². The summed E-state index contributed by atoms with van der Waals surface area (Å²) in [7, 11) is 0. The molecule has 2 aliphatic carbocycles. The summed E-state index contributed by atoms with van der Waals surface area (Å²) in [6, 6.07) is -0.0303. The number of halogens is 1. The number of imidazole rings is 1. The number of carbonyl (C=O) groups excluding carboxylic acids is 2. The molecule has 0 bridgehead atoms. The van der Waals surface area contributed by atoms with Gasteiger partial charge in [0.15, 0.2) is 5.78 Å². The van der Waals surface area contributed by atoms with Gasteiger partial charge in [0.1, 0.15) is 6.17 Å². The Labute approximate surface area is 240 Å². The zero-order chi connectivity index (χ0) is 27.5. The number of morpholine rings is 1. The third-order valence-electron chi connectivity index (χ3n) is 9.40. The molecule has 11 heteroatoms. The molecule has 0 aromatic carbocycles. The van der Waals surface area contributed by atoms with Crippen LogP contribution in [0, 0.1) is 5.92 Å². The molecule has 1 aromatic heterocycles. The number of hydrogen-bond donors (Lipinski definition) is 2. The van der Waals surface area contributed by atoms with Gasteiger partial charge >= 0.3 is 0 Å². The van der Waals surface area contributed by atoms with E-state index >= 15 is 4.39 Å². The van der Waals surface area contributed by atoms with E-state index in [4.69, 9.17) is 4.74 Å². The zero-order valence-corrected chi connectivity index (χ0v) is 24.1. The molecule has 4 fully saturated rings. The van der Waals surface area contributed by atoms with Crippen LogP contribution in [-0.2, 0) is 20.9 Å². The number of aromatic nitrogens is 2. The number of rotatable bonds is 10. The van der Waals surface area contributed by atoms with E-state index in [1.54, 1.807) is 12.5 Å². The minimum absolute atomic E-state index is 0.00326. The second-order valence-corrected chi connectivity index (χ2v) is 13.3. The highest BCUT2D eigenvalue weighted by Crippen LogP contribution is 2.51. The number of amides is 1. The number of alkyl halides is 1. The SMILES string of the molecule is O=C(NCCCn1ccnc1)C1=CN2C3CCCCC3SC3C(NCCCN4CCOCC4)C(F)CC(C1=O)C32. The molecule has 6 rings (SSSR count). The highest BCUT2D eigenvalue weighted by molar-refractivity contribution is 8.00. The second-order valence-electron chi connectivity index (χ2n) is 11.9. The lowest BCUT2D eigenvalue weighted by molar-refractivity contribution is -0.130. The summed E-state index contributed by atoms with van der Waals surface area (Å²) < 4.78 is 23.3. The van der Waals surface area contributed by atoms with Crippen molar-refractivity contribution in [1.82, 2.24) is 30.0 Å². The number of Topliss-reactive ketones (excluding diaryl/α,β-unsaturated/α-hetero) is 1. The van der Waals surface area contributed by atoms with Crippen LogP contribution in [-0.4, -0.2) is 112 Å². The van der Waals surface area contributed by atoms with Gasteiger partial charge in [-0.2, -0.15) is 0 Å². The van der Waals surface area contributed by atoms with Crippen LogP contribution in [0.25, 0.3) is 0 Å². The molecule has 2 saturated carbocycles. The summed E-state index contributed by atoms with van der Waals surface area (Å²) in [5.41, 5.74) is 0.211. The highest BCUT2D eigenvalue weighted by Gasteiger charge is 2.57. The van der Waals surface area contributed by atoms with E-state index in [2.05, 4.69) is 25.4 Å². The molecule has 220 valence electrons. The van der Waals surface area contributed by atoms with Crippen LogP contribution in [0.1, 0.15) is 44.9 Å². The van der Waals surface area contributed by atoms with Crippen molar-refractivity contribution < 1.29 is 18.7 Å². The number of nitrogens with zero attached hydrogens (tertiary/aromatic N) is 4. The molecule has 40 heavy (non-hydrogen) atoms. The van der Waals surface area contributed by atoms with Crippen molar-refractivity contribution in [2.45, 2.75) is 86.3 Å². The zero-order valence-electron chi connectivity index (χ0n) is 23.3. The summed E-state index contributed by atoms with van der Waals surface area (Å²) in [6.45, 7) is 6.48. The van der Waals surface area contributed by atoms with Crippen molar-refractivity contribution in [2.75, 3.05) is 45.9 Å². The van der Waals surface area contributed by atoms with Gasteiger partial charge in [-0.05, 0) is 45.2 Å². The number of thioether (sulfide) groups is 1. The molecular formula is C29H43FN6O3S. The Morgan fingerprint density at radius 3 is 2.80 bits per heavy atom. The van der Waals surface area contributed by atoms with Crippen LogP contribution in [0.3, 0.4) is 0 Å². The summed E-state index contributed by atoms with van der Waals surface area (Å²) in [6.07, 6.45) is 12.5. The quantitative estimate of drug-likeness (QED) is 0.324. The summed E-state index contributed by atoms with van der Waals surface area (Å²) in [4.78, 5) is 35.8. The van der Waals surface area contributed by atoms with Crippen LogP contribution in [0.15, 0.2) is 30.5 Å². The maximum atomic E-state index is 15.9. The summed E-state index contributed by atoms with van der Waals surface area (Å²) in [5.74, 6) is -0.977. The Hall–Kier alpha value is -1.95. The van der Waals surface area contributed by atoms with E-state index in [1.165, 1.54) is 6.42 Å². The lowest BCUT2D eigenvalue weighted by Gasteiger charge is -2.59. The lowest BCUT2D eigenvalue weighted by Crippen LogP contribution is -2.70. The summed E-state index contributed by atoms with van der Waals surface area (Å²) >= 11 is 1.92. The number of hydrogen-bond acceptors (Lipinski definition) is 8. The third-order valence-corrected chi connectivity index (χ3v) is 11.2. The minimum Gasteiger partial charge on any atom is -0.379 e. The van der Waals surface area contributed by atoms with Gasteiger partial charge in [-0.15, -0.1) is 11.8 Å². The van der Waals surface area contributed by atoms with E-state index in [1.807, 2.05) is 28.7 Å². The van der Waals surface area contributed by atoms with Crippen molar-refractivity contribution in [1.29, 1.82) is 0 Å². The molecule has 0 radical (unpaired) electrons. The molecular weight excluding hydrogens is 531 g/mol. The third kappa shape index (κ3) is 5.98. The Morgan fingerprint density at radius 1 is 1.15 bits per heavy atom. The van der Waals surface area contributed by atoms with Crippen molar-refractivity contribution >= 4 is 23.5 Å². The molecule has 2 saturated heterocycles. The van der Waals surface area contributed by atoms with Gasteiger partial charge in [0.25, 0.3) is 5.91 Å². The number of ether oxygens (including phenoxy) is 1. The van der Waals surface area contributed by atoms with Gasteiger partial charge in [0.2, 0.25) is 0 Å². The molecule has 3 aliphatic heterocycles. The van der Waals surface area contributed by atoms with Crippen molar-refractivity contribution in [3.05, 3.63) is 30.5 Å². The Balaban J connectivity index is 1.14. The van der Waals surface area contributed by atoms with Gasteiger partial charge in [0, 0.05) is 67.2 Å². The first-order chi connectivity index (χ1) is 19.6. The van der Waals surface area contributed by atoms with Crippen molar-refractivity contribution in [2.24, 2.45) is 5.92 Å². The van der Waals surface area contributed by atoms with E-state index in [0.29, 0.717) is 17.8 Å².